The molecule has 1 aromatic rings. The van der Waals surface area contributed by atoms with Crippen molar-refractivity contribution >= 4 is 17.5 Å². The van der Waals surface area contributed by atoms with Crippen LogP contribution in [0.1, 0.15) is 19.3 Å². The molecule has 3 aliphatic heterocycles. The first-order valence-electron chi connectivity index (χ1n) is 10.3. The van der Waals surface area contributed by atoms with Gasteiger partial charge in [-0.2, -0.15) is 0 Å². The number of hydrogen-bond acceptors (Lipinski definition) is 5. The van der Waals surface area contributed by atoms with Gasteiger partial charge in [0.1, 0.15) is 0 Å². The number of para-hydroxylation sites is 1. The molecule has 3 heterocycles. The molecule has 1 aromatic carbocycles. The minimum absolute atomic E-state index is 0.0796. The molecule has 3 aliphatic rings. The molecule has 7 nitrogen and oxygen atoms in total. The Kier molecular flexibility index (Phi) is 5.66. The Hall–Kier alpha value is -1.96. The summed E-state index contributed by atoms with van der Waals surface area (Å²) in [4.78, 5) is 32.1. The molecule has 3 fully saturated rings. The van der Waals surface area contributed by atoms with Crippen molar-refractivity contribution in [1.82, 2.24) is 9.80 Å². The van der Waals surface area contributed by atoms with E-state index in [0.717, 1.165) is 31.7 Å². The first-order chi connectivity index (χ1) is 13.6. The summed E-state index contributed by atoms with van der Waals surface area (Å²) < 4.78 is 5.43. The smallest absolute Gasteiger partial charge is 0.244 e. The predicted molar refractivity (Wildman–Crippen MR) is 107 cm³/mol. The zero-order valence-corrected chi connectivity index (χ0v) is 16.4. The summed E-state index contributed by atoms with van der Waals surface area (Å²) in [7, 11) is 0. The van der Waals surface area contributed by atoms with E-state index in [1.807, 2.05) is 40.1 Å². The quantitative estimate of drug-likeness (QED) is 0.824. The first kappa shape index (κ1) is 19.4. The van der Waals surface area contributed by atoms with E-state index in [-0.39, 0.29) is 17.9 Å². The number of rotatable bonds is 4. The standard InChI is InChI=1S/C21H30N4O3/c22-16-21(7-14-28-15-8-21)20(27)24-12-10-23(11-13-24)18-6-9-25(19(18)26)17-4-2-1-3-5-17/h1-5,18H,6-16,22H2. The Labute approximate surface area is 166 Å². The Morgan fingerprint density at radius 2 is 1.75 bits per heavy atom. The molecule has 0 bridgehead atoms. The van der Waals surface area contributed by atoms with Gasteiger partial charge in [-0.15, -0.1) is 0 Å². The fourth-order valence-corrected chi connectivity index (χ4v) is 4.71. The normalized spacial score (nSPS) is 25.9. The molecule has 4 rings (SSSR count). The molecule has 0 spiro atoms. The van der Waals surface area contributed by atoms with E-state index in [9.17, 15) is 9.59 Å². The number of carbonyl (C=O) groups excluding carboxylic acids is 2. The number of anilines is 1. The minimum Gasteiger partial charge on any atom is -0.381 e. The van der Waals surface area contributed by atoms with Crippen molar-refractivity contribution in [3.05, 3.63) is 30.3 Å². The summed E-state index contributed by atoms with van der Waals surface area (Å²) in [6.07, 6.45) is 2.25. The number of amides is 2. The third-order valence-corrected chi connectivity index (χ3v) is 6.58. The third kappa shape index (κ3) is 3.54. The summed E-state index contributed by atoms with van der Waals surface area (Å²) in [6.45, 7) is 5.14. The molecule has 1 unspecified atom stereocenters. The lowest BCUT2D eigenvalue weighted by molar-refractivity contribution is -0.149. The molecular formula is C21H30N4O3. The summed E-state index contributed by atoms with van der Waals surface area (Å²) >= 11 is 0. The maximum absolute atomic E-state index is 13.1. The van der Waals surface area contributed by atoms with E-state index in [2.05, 4.69) is 4.90 Å². The molecule has 2 N–H and O–H groups in total. The van der Waals surface area contributed by atoms with Crippen molar-refractivity contribution in [2.24, 2.45) is 11.1 Å². The van der Waals surface area contributed by atoms with Crippen LogP contribution in [-0.2, 0) is 14.3 Å². The zero-order chi connectivity index (χ0) is 19.6. The molecule has 7 heteroatoms. The number of piperazine rings is 1. The maximum atomic E-state index is 13.1. The second-order valence-corrected chi connectivity index (χ2v) is 8.05. The average molecular weight is 386 g/mol. The van der Waals surface area contributed by atoms with E-state index in [1.54, 1.807) is 0 Å². The number of benzene rings is 1. The van der Waals surface area contributed by atoms with Crippen LogP contribution in [0.3, 0.4) is 0 Å². The van der Waals surface area contributed by atoms with E-state index in [1.165, 1.54) is 0 Å². The van der Waals surface area contributed by atoms with Crippen LogP contribution in [-0.4, -0.2) is 80.1 Å². The summed E-state index contributed by atoms with van der Waals surface area (Å²) in [5, 5.41) is 0. The van der Waals surface area contributed by atoms with Crippen LogP contribution in [0, 0.1) is 5.41 Å². The molecule has 0 aliphatic carbocycles. The lowest BCUT2D eigenvalue weighted by atomic mass is 9.78. The van der Waals surface area contributed by atoms with E-state index in [4.69, 9.17) is 10.5 Å². The lowest BCUT2D eigenvalue weighted by Gasteiger charge is -2.43. The number of ether oxygens (including phenoxy) is 1. The zero-order valence-electron chi connectivity index (χ0n) is 16.4. The van der Waals surface area contributed by atoms with Crippen LogP contribution in [0.2, 0.25) is 0 Å². The topological polar surface area (TPSA) is 79.1 Å². The lowest BCUT2D eigenvalue weighted by Crippen LogP contribution is -2.58. The van der Waals surface area contributed by atoms with Crippen LogP contribution in [0.15, 0.2) is 30.3 Å². The van der Waals surface area contributed by atoms with Gasteiger partial charge in [0, 0.05) is 58.2 Å². The highest BCUT2D eigenvalue weighted by atomic mass is 16.5. The van der Waals surface area contributed by atoms with Gasteiger partial charge in [-0.3, -0.25) is 14.5 Å². The van der Waals surface area contributed by atoms with E-state index >= 15 is 0 Å². The van der Waals surface area contributed by atoms with Gasteiger partial charge in [0.2, 0.25) is 11.8 Å². The summed E-state index contributed by atoms with van der Waals surface area (Å²) in [5.74, 6) is 0.343. The molecule has 0 radical (unpaired) electrons. The highest BCUT2D eigenvalue weighted by Crippen LogP contribution is 2.32. The van der Waals surface area contributed by atoms with Crippen LogP contribution < -0.4 is 10.6 Å². The maximum Gasteiger partial charge on any atom is 0.244 e. The molecule has 1 atom stereocenters. The van der Waals surface area contributed by atoms with Gasteiger partial charge in [0.25, 0.3) is 0 Å². The Morgan fingerprint density at radius 1 is 1.07 bits per heavy atom. The van der Waals surface area contributed by atoms with Crippen molar-refractivity contribution in [3.63, 3.8) is 0 Å². The molecule has 0 saturated carbocycles. The molecule has 28 heavy (non-hydrogen) atoms. The van der Waals surface area contributed by atoms with Crippen molar-refractivity contribution in [1.29, 1.82) is 0 Å². The van der Waals surface area contributed by atoms with Gasteiger partial charge in [0.05, 0.1) is 11.5 Å². The highest BCUT2D eigenvalue weighted by Gasteiger charge is 2.43. The van der Waals surface area contributed by atoms with Crippen molar-refractivity contribution < 1.29 is 14.3 Å². The van der Waals surface area contributed by atoms with Gasteiger partial charge in [-0.25, -0.2) is 0 Å². The fourth-order valence-electron chi connectivity index (χ4n) is 4.71. The monoisotopic (exact) mass is 386 g/mol. The second-order valence-electron chi connectivity index (χ2n) is 8.05. The Morgan fingerprint density at radius 3 is 2.39 bits per heavy atom. The largest absolute Gasteiger partial charge is 0.381 e. The number of nitrogens with two attached hydrogens (primary N) is 1. The van der Waals surface area contributed by atoms with Gasteiger partial charge in [0.15, 0.2) is 0 Å². The van der Waals surface area contributed by atoms with Gasteiger partial charge in [-0.05, 0) is 31.4 Å². The number of carbonyl (C=O) groups is 2. The van der Waals surface area contributed by atoms with Crippen LogP contribution >= 0.6 is 0 Å². The van der Waals surface area contributed by atoms with Gasteiger partial charge >= 0.3 is 0 Å². The molecule has 2 amide bonds. The SMILES string of the molecule is NCC1(C(=O)N2CCN(C3CCN(c4ccccc4)C3=O)CC2)CCOCC1. The Bertz CT molecular complexity index is 697. The van der Waals surface area contributed by atoms with E-state index in [0.29, 0.717) is 45.7 Å². The van der Waals surface area contributed by atoms with E-state index < -0.39 is 5.41 Å². The van der Waals surface area contributed by atoms with Gasteiger partial charge < -0.3 is 20.3 Å². The minimum atomic E-state index is -0.465. The van der Waals surface area contributed by atoms with Crippen molar-refractivity contribution in [3.8, 4) is 0 Å². The molecule has 152 valence electrons. The van der Waals surface area contributed by atoms with Crippen LogP contribution in [0.5, 0.6) is 0 Å². The first-order valence-corrected chi connectivity index (χ1v) is 10.3. The van der Waals surface area contributed by atoms with Crippen LogP contribution in [0.4, 0.5) is 5.69 Å². The second kappa shape index (κ2) is 8.19. The van der Waals surface area contributed by atoms with Crippen molar-refractivity contribution in [2.45, 2.75) is 25.3 Å². The highest BCUT2D eigenvalue weighted by molar-refractivity contribution is 5.99. The number of nitrogens with zero attached hydrogens (tertiary/aromatic N) is 3. The molecule has 0 aromatic heterocycles. The summed E-state index contributed by atoms with van der Waals surface area (Å²) in [6, 6.07) is 9.77. The number of hydrogen-bond donors (Lipinski definition) is 1. The predicted octanol–water partition coefficient (Wildman–Crippen LogP) is 0.692. The Balaban J connectivity index is 1.35. The van der Waals surface area contributed by atoms with Gasteiger partial charge in [-0.1, -0.05) is 18.2 Å². The average Bonchev–Trinajstić information content (AvgIpc) is 3.15. The fraction of sp³-hybridized carbons (Fsp3) is 0.619. The van der Waals surface area contributed by atoms with Crippen LogP contribution in [0.25, 0.3) is 0 Å². The van der Waals surface area contributed by atoms with Crippen molar-refractivity contribution in [2.75, 3.05) is 57.4 Å². The molecule has 3 saturated heterocycles. The summed E-state index contributed by atoms with van der Waals surface area (Å²) in [5.41, 5.74) is 6.50. The third-order valence-electron chi connectivity index (χ3n) is 6.58. The molecular weight excluding hydrogens is 356 g/mol.